The van der Waals surface area contributed by atoms with Crippen LogP contribution in [0.15, 0.2) is 18.2 Å². The van der Waals surface area contributed by atoms with Gasteiger partial charge in [-0.2, -0.15) is 35.4 Å². The SMILES string of the molecule is Cc1c[c-]ccc1CC1CCC(C)CC1.[Br-].[Mg+2]. The minimum atomic E-state index is 0. The number of halogens is 1. The molecule has 0 nitrogen and oxygen atoms in total. The zero-order chi connectivity index (χ0) is 10.7. The van der Waals surface area contributed by atoms with E-state index in [2.05, 4.69) is 32.0 Å². The Morgan fingerprint density at radius 2 is 1.88 bits per heavy atom. The van der Waals surface area contributed by atoms with Crippen LogP contribution in [-0.2, 0) is 6.42 Å². The summed E-state index contributed by atoms with van der Waals surface area (Å²) >= 11 is 0. The molecule has 0 spiro atoms. The summed E-state index contributed by atoms with van der Waals surface area (Å²) in [6.07, 6.45) is 7.01. The summed E-state index contributed by atoms with van der Waals surface area (Å²) in [5, 5.41) is 0. The Balaban J connectivity index is 0.00000128. The van der Waals surface area contributed by atoms with Crippen LogP contribution in [0.2, 0.25) is 0 Å². The minimum Gasteiger partial charge on any atom is -1.00 e. The van der Waals surface area contributed by atoms with Crippen LogP contribution in [0.4, 0.5) is 0 Å². The predicted octanol–water partition coefficient (Wildman–Crippen LogP) is 0.787. The molecule has 0 amide bonds. The molecule has 0 N–H and O–H groups in total. The van der Waals surface area contributed by atoms with E-state index in [0.717, 1.165) is 11.8 Å². The van der Waals surface area contributed by atoms with Gasteiger partial charge in [0.1, 0.15) is 0 Å². The molecule has 1 aliphatic carbocycles. The molecule has 17 heavy (non-hydrogen) atoms. The van der Waals surface area contributed by atoms with E-state index in [4.69, 9.17) is 0 Å². The van der Waals surface area contributed by atoms with Crippen molar-refractivity contribution in [1.82, 2.24) is 0 Å². The predicted molar refractivity (Wildman–Crippen MR) is 70.6 cm³/mol. The Labute approximate surface area is 132 Å². The van der Waals surface area contributed by atoms with Crippen molar-refractivity contribution >= 4 is 23.1 Å². The molecule has 0 radical (unpaired) electrons. The summed E-state index contributed by atoms with van der Waals surface area (Å²) < 4.78 is 0. The van der Waals surface area contributed by atoms with Crippen molar-refractivity contribution in [2.75, 3.05) is 0 Å². The fourth-order valence-corrected chi connectivity index (χ4v) is 2.62. The Morgan fingerprint density at radius 1 is 1.24 bits per heavy atom. The largest absolute Gasteiger partial charge is 2.00 e. The maximum Gasteiger partial charge on any atom is 2.00 e. The Bertz CT molecular complexity index is 316. The van der Waals surface area contributed by atoms with E-state index in [9.17, 15) is 0 Å². The van der Waals surface area contributed by atoms with E-state index in [-0.39, 0.29) is 40.0 Å². The smallest absolute Gasteiger partial charge is 1.00 e. The van der Waals surface area contributed by atoms with Gasteiger partial charge in [0.25, 0.3) is 0 Å². The molecule has 0 aliphatic heterocycles. The monoisotopic (exact) mass is 304 g/mol. The van der Waals surface area contributed by atoms with Crippen molar-refractivity contribution in [3.05, 3.63) is 35.4 Å². The van der Waals surface area contributed by atoms with Gasteiger partial charge in [-0.1, -0.05) is 26.7 Å². The van der Waals surface area contributed by atoms with Gasteiger partial charge in [0.15, 0.2) is 0 Å². The molecule has 0 heterocycles. The van der Waals surface area contributed by atoms with Gasteiger partial charge in [0, 0.05) is 0 Å². The van der Waals surface area contributed by atoms with Crippen LogP contribution >= 0.6 is 0 Å². The van der Waals surface area contributed by atoms with Crippen molar-refractivity contribution in [3.8, 4) is 0 Å². The molecule has 1 aromatic carbocycles. The molecule has 0 aromatic heterocycles. The molecule has 0 bridgehead atoms. The Kier molecular flexibility index (Phi) is 8.78. The fourth-order valence-electron chi connectivity index (χ4n) is 2.62. The zero-order valence-electron chi connectivity index (χ0n) is 11.0. The van der Waals surface area contributed by atoms with Crippen LogP contribution in [-0.4, -0.2) is 23.1 Å². The van der Waals surface area contributed by atoms with Gasteiger partial charge in [0.2, 0.25) is 0 Å². The third-order valence-corrected chi connectivity index (χ3v) is 3.83. The van der Waals surface area contributed by atoms with Crippen molar-refractivity contribution in [3.63, 3.8) is 0 Å². The van der Waals surface area contributed by atoms with Gasteiger partial charge >= 0.3 is 23.1 Å². The molecule has 1 aliphatic rings. The second-order valence-electron chi connectivity index (χ2n) is 5.18. The quantitative estimate of drug-likeness (QED) is 0.560. The van der Waals surface area contributed by atoms with Crippen LogP contribution in [0.3, 0.4) is 0 Å². The van der Waals surface area contributed by atoms with Crippen molar-refractivity contribution in [2.45, 2.75) is 46.0 Å². The van der Waals surface area contributed by atoms with Gasteiger partial charge in [-0.25, -0.2) is 0 Å². The number of hydrogen-bond donors (Lipinski definition) is 0. The third-order valence-electron chi connectivity index (χ3n) is 3.83. The molecule has 1 aromatic rings. The number of hydrogen-bond acceptors (Lipinski definition) is 0. The molecule has 2 heteroatoms. The summed E-state index contributed by atoms with van der Waals surface area (Å²) in [6, 6.07) is 9.55. The van der Waals surface area contributed by atoms with E-state index >= 15 is 0 Å². The zero-order valence-corrected chi connectivity index (χ0v) is 14.0. The first kappa shape index (κ1) is 17.5. The topological polar surface area (TPSA) is 0 Å². The van der Waals surface area contributed by atoms with Gasteiger partial charge in [0.05, 0.1) is 0 Å². The molecular weight excluding hydrogens is 284 g/mol. The minimum absolute atomic E-state index is 0. The molecule has 0 saturated heterocycles. The summed E-state index contributed by atoms with van der Waals surface area (Å²) in [5.74, 6) is 1.90. The molecule has 2 rings (SSSR count). The first-order chi connectivity index (χ1) is 7.25. The van der Waals surface area contributed by atoms with Crippen LogP contribution in [0, 0.1) is 24.8 Å². The molecule has 90 valence electrons. The maximum atomic E-state index is 3.15. The van der Waals surface area contributed by atoms with Gasteiger partial charge < -0.3 is 17.0 Å². The summed E-state index contributed by atoms with van der Waals surface area (Å²) in [6.45, 7) is 4.59. The van der Waals surface area contributed by atoms with Crippen LogP contribution in [0.1, 0.15) is 43.7 Å². The summed E-state index contributed by atoms with van der Waals surface area (Å²) in [7, 11) is 0. The van der Waals surface area contributed by atoms with E-state index in [1.54, 1.807) is 0 Å². The van der Waals surface area contributed by atoms with E-state index < -0.39 is 0 Å². The second-order valence-corrected chi connectivity index (χ2v) is 5.18. The summed E-state index contributed by atoms with van der Waals surface area (Å²) in [4.78, 5) is 0. The molecule has 1 fully saturated rings. The average molecular weight is 306 g/mol. The molecule has 0 unspecified atom stereocenters. The number of aryl methyl sites for hydroxylation is 1. The van der Waals surface area contributed by atoms with Gasteiger partial charge in [-0.05, 0) is 31.1 Å². The van der Waals surface area contributed by atoms with E-state index in [1.807, 2.05) is 6.07 Å². The van der Waals surface area contributed by atoms with E-state index in [1.165, 1.54) is 43.2 Å². The molecular formula is C15H21BrMg. The number of benzene rings is 1. The number of rotatable bonds is 2. The van der Waals surface area contributed by atoms with Crippen LogP contribution < -0.4 is 17.0 Å². The fraction of sp³-hybridized carbons (Fsp3) is 0.600. The van der Waals surface area contributed by atoms with Crippen LogP contribution in [0.25, 0.3) is 0 Å². The Morgan fingerprint density at radius 3 is 2.47 bits per heavy atom. The average Bonchev–Trinajstić information content (AvgIpc) is 2.25. The summed E-state index contributed by atoms with van der Waals surface area (Å²) in [5.41, 5.74) is 2.95. The van der Waals surface area contributed by atoms with Gasteiger partial charge in [-0.3, -0.25) is 0 Å². The van der Waals surface area contributed by atoms with Crippen molar-refractivity contribution in [2.24, 2.45) is 11.8 Å². The standard InChI is InChI=1S/C15H21.BrH.Mg/c1-12-7-9-14(10-8-12)11-15-6-4-3-5-13(15)2;;/h4-6,12,14H,7-11H2,1-2H3;1H;/q-1;;+2/p-1. The van der Waals surface area contributed by atoms with Crippen molar-refractivity contribution < 1.29 is 17.0 Å². The molecule has 0 atom stereocenters. The Hall–Kier alpha value is 0.466. The van der Waals surface area contributed by atoms with Gasteiger partial charge in [-0.15, -0.1) is 0 Å². The molecule has 1 saturated carbocycles. The van der Waals surface area contributed by atoms with E-state index in [0.29, 0.717) is 0 Å². The maximum absolute atomic E-state index is 3.15. The first-order valence-electron chi connectivity index (χ1n) is 6.21. The van der Waals surface area contributed by atoms with Crippen LogP contribution in [0.5, 0.6) is 0 Å². The normalized spacial score (nSPS) is 23.4. The second kappa shape index (κ2) is 8.55. The first-order valence-corrected chi connectivity index (χ1v) is 6.21. The van der Waals surface area contributed by atoms with Crippen molar-refractivity contribution in [1.29, 1.82) is 0 Å². The third kappa shape index (κ3) is 5.31.